The summed E-state index contributed by atoms with van der Waals surface area (Å²) in [5.74, 6) is 0.170. The van der Waals surface area contributed by atoms with Gasteiger partial charge < -0.3 is 14.9 Å². The number of pyridine rings is 1. The van der Waals surface area contributed by atoms with Gasteiger partial charge in [-0.15, -0.1) is 0 Å². The number of anilines is 1. The van der Waals surface area contributed by atoms with E-state index in [0.717, 1.165) is 13.1 Å². The highest BCUT2D eigenvalue weighted by Gasteiger charge is 2.33. The minimum Gasteiger partial charge on any atom is -0.478 e. The summed E-state index contributed by atoms with van der Waals surface area (Å²) >= 11 is 0. The van der Waals surface area contributed by atoms with E-state index >= 15 is 0 Å². The highest BCUT2D eigenvalue weighted by atomic mass is 16.4. The van der Waals surface area contributed by atoms with Gasteiger partial charge in [-0.25, -0.2) is 9.78 Å². The Morgan fingerprint density at radius 2 is 2.22 bits per heavy atom. The van der Waals surface area contributed by atoms with Crippen molar-refractivity contribution in [2.45, 2.75) is 13.0 Å². The van der Waals surface area contributed by atoms with Crippen LogP contribution in [0.2, 0.25) is 0 Å². The summed E-state index contributed by atoms with van der Waals surface area (Å²) in [6.07, 6.45) is 1.65. The molecule has 0 bridgehead atoms. The molecule has 98 valence electrons. The molecule has 2 heterocycles. The van der Waals surface area contributed by atoms with Gasteiger partial charge in [0.25, 0.3) is 0 Å². The molecule has 1 aromatic rings. The van der Waals surface area contributed by atoms with E-state index in [2.05, 4.69) is 35.8 Å². The van der Waals surface area contributed by atoms with Gasteiger partial charge in [0.15, 0.2) is 0 Å². The Morgan fingerprint density at radius 1 is 1.50 bits per heavy atom. The zero-order valence-electron chi connectivity index (χ0n) is 11.0. The first-order valence-electron chi connectivity index (χ1n) is 6.10. The Bertz CT molecular complexity index is 448. The predicted octanol–water partition coefficient (Wildman–Crippen LogP) is 1.17. The lowest BCUT2D eigenvalue weighted by molar-refractivity contribution is 0.0697. The largest absolute Gasteiger partial charge is 0.478 e. The molecule has 1 saturated heterocycles. The van der Waals surface area contributed by atoms with Crippen molar-refractivity contribution >= 4 is 11.8 Å². The van der Waals surface area contributed by atoms with Crippen molar-refractivity contribution in [1.29, 1.82) is 0 Å². The lowest BCUT2D eigenvalue weighted by atomic mass is 10.1. The van der Waals surface area contributed by atoms with Crippen LogP contribution in [0.15, 0.2) is 18.3 Å². The summed E-state index contributed by atoms with van der Waals surface area (Å²) in [7, 11) is 4.11. The second kappa shape index (κ2) is 4.94. The Labute approximate surface area is 107 Å². The number of carboxylic acid groups (broad SMARTS) is 1. The van der Waals surface area contributed by atoms with Crippen molar-refractivity contribution in [3.8, 4) is 0 Å². The summed E-state index contributed by atoms with van der Waals surface area (Å²) in [6.45, 7) is 3.86. The van der Waals surface area contributed by atoms with Gasteiger partial charge in [0.05, 0.1) is 0 Å². The fourth-order valence-corrected chi connectivity index (χ4v) is 2.61. The van der Waals surface area contributed by atoms with Crippen molar-refractivity contribution in [2.75, 3.05) is 32.1 Å². The fraction of sp³-hybridized carbons (Fsp3) is 0.538. The Hall–Kier alpha value is -1.62. The minimum absolute atomic E-state index is 0.282. The number of carbonyl (C=O) groups is 1. The molecule has 2 unspecified atom stereocenters. The summed E-state index contributed by atoms with van der Waals surface area (Å²) in [5, 5.41) is 9.19. The van der Waals surface area contributed by atoms with Crippen molar-refractivity contribution in [3.05, 3.63) is 23.9 Å². The number of carboxylic acids is 1. The molecule has 0 saturated carbocycles. The van der Waals surface area contributed by atoms with Crippen LogP contribution in [0.3, 0.4) is 0 Å². The molecular weight excluding hydrogens is 230 g/mol. The summed E-state index contributed by atoms with van der Waals surface area (Å²) in [4.78, 5) is 19.7. The van der Waals surface area contributed by atoms with Crippen LogP contribution >= 0.6 is 0 Å². The second-order valence-electron chi connectivity index (χ2n) is 5.09. The third kappa shape index (κ3) is 2.31. The van der Waals surface area contributed by atoms with E-state index in [1.165, 1.54) is 0 Å². The van der Waals surface area contributed by atoms with Gasteiger partial charge in [-0.1, -0.05) is 6.92 Å². The molecule has 1 aliphatic rings. The minimum atomic E-state index is -0.918. The van der Waals surface area contributed by atoms with E-state index in [4.69, 9.17) is 0 Å². The molecule has 0 spiro atoms. The smallest absolute Gasteiger partial charge is 0.339 e. The van der Waals surface area contributed by atoms with Crippen LogP contribution in [0.1, 0.15) is 17.3 Å². The topological polar surface area (TPSA) is 56.7 Å². The lowest BCUT2D eigenvalue weighted by Gasteiger charge is -2.23. The highest BCUT2D eigenvalue weighted by Crippen LogP contribution is 2.26. The van der Waals surface area contributed by atoms with Gasteiger partial charge in [0, 0.05) is 25.3 Å². The second-order valence-corrected chi connectivity index (χ2v) is 5.09. The van der Waals surface area contributed by atoms with Crippen LogP contribution in [0.5, 0.6) is 0 Å². The quantitative estimate of drug-likeness (QED) is 0.871. The van der Waals surface area contributed by atoms with Crippen molar-refractivity contribution in [1.82, 2.24) is 9.88 Å². The molecule has 0 radical (unpaired) electrons. The third-order valence-electron chi connectivity index (χ3n) is 3.55. The van der Waals surface area contributed by atoms with Crippen LogP contribution in [0, 0.1) is 5.92 Å². The average Bonchev–Trinajstić information content (AvgIpc) is 2.71. The molecule has 1 N–H and O–H groups in total. The molecule has 2 atom stereocenters. The Morgan fingerprint density at radius 3 is 2.78 bits per heavy atom. The van der Waals surface area contributed by atoms with Gasteiger partial charge in [0.2, 0.25) is 0 Å². The fourth-order valence-electron chi connectivity index (χ4n) is 2.61. The van der Waals surface area contributed by atoms with Gasteiger partial charge in [0.1, 0.15) is 11.4 Å². The van der Waals surface area contributed by atoms with Gasteiger partial charge >= 0.3 is 5.97 Å². The summed E-state index contributed by atoms with van der Waals surface area (Å²) < 4.78 is 0. The molecule has 1 fully saturated rings. The zero-order chi connectivity index (χ0) is 13.3. The molecule has 5 heteroatoms. The van der Waals surface area contributed by atoms with Crippen LogP contribution in [0.25, 0.3) is 0 Å². The van der Waals surface area contributed by atoms with Gasteiger partial charge in [-0.05, 0) is 32.1 Å². The number of likely N-dealkylation sites (N-methyl/N-ethyl adjacent to an activating group) is 1. The van der Waals surface area contributed by atoms with Crippen LogP contribution < -0.4 is 4.90 Å². The number of rotatable bonds is 3. The maximum Gasteiger partial charge on any atom is 0.339 e. The van der Waals surface area contributed by atoms with Gasteiger partial charge in [-0.2, -0.15) is 0 Å². The normalized spacial score (nSPS) is 23.7. The molecule has 2 rings (SSSR count). The number of aromatic nitrogens is 1. The van der Waals surface area contributed by atoms with Crippen LogP contribution in [0.4, 0.5) is 5.82 Å². The van der Waals surface area contributed by atoms with E-state index in [-0.39, 0.29) is 5.56 Å². The first kappa shape index (κ1) is 12.8. The Kier molecular flexibility index (Phi) is 3.52. The molecule has 5 nitrogen and oxygen atoms in total. The molecule has 18 heavy (non-hydrogen) atoms. The monoisotopic (exact) mass is 249 g/mol. The van der Waals surface area contributed by atoms with Crippen LogP contribution in [-0.4, -0.2) is 54.2 Å². The summed E-state index contributed by atoms with van der Waals surface area (Å²) in [5.41, 5.74) is 0.282. The maximum absolute atomic E-state index is 11.2. The summed E-state index contributed by atoms with van der Waals surface area (Å²) in [6, 6.07) is 3.71. The van der Waals surface area contributed by atoms with E-state index in [1.807, 2.05) is 0 Å². The van der Waals surface area contributed by atoms with E-state index in [1.54, 1.807) is 18.3 Å². The van der Waals surface area contributed by atoms with E-state index < -0.39 is 5.97 Å². The standard InChI is InChI=1S/C13H19N3O2/c1-9-7-16(8-11(9)15(2)3)12-10(13(17)18)5-4-6-14-12/h4-6,9,11H,7-8H2,1-3H3,(H,17,18). The molecular formula is C13H19N3O2. The van der Waals surface area contributed by atoms with Crippen molar-refractivity contribution < 1.29 is 9.90 Å². The maximum atomic E-state index is 11.2. The number of hydrogen-bond donors (Lipinski definition) is 1. The molecule has 0 aromatic carbocycles. The van der Waals surface area contributed by atoms with Gasteiger partial charge in [-0.3, -0.25) is 0 Å². The average molecular weight is 249 g/mol. The van der Waals surface area contributed by atoms with Crippen molar-refractivity contribution in [3.63, 3.8) is 0 Å². The molecule has 1 aromatic heterocycles. The first-order valence-corrected chi connectivity index (χ1v) is 6.10. The number of aromatic carboxylic acids is 1. The van der Waals surface area contributed by atoms with Crippen molar-refractivity contribution in [2.24, 2.45) is 5.92 Å². The third-order valence-corrected chi connectivity index (χ3v) is 3.55. The zero-order valence-corrected chi connectivity index (χ0v) is 11.0. The molecule has 1 aliphatic heterocycles. The first-order chi connectivity index (χ1) is 8.50. The van der Waals surface area contributed by atoms with Crippen LogP contribution in [-0.2, 0) is 0 Å². The lowest BCUT2D eigenvalue weighted by Crippen LogP contribution is -2.34. The SMILES string of the molecule is CC1CN(c2ncccc2C(=O)O)CC1N(C)C. The van der Waals surface area contributed by atoms with E-state index in [0.29, 0.717) is 17.8 Å². The molecule has 0 amide bonds. The highest BCUT2D eigenvalue weighted by molar-refractivity contribution is 5.93. The van der Waals surface area contributed by atoms with E-state index in [9.17, 15) is 9.90 Å². The number of hydrogen-bond acceptors (Lipinski definition) is 4. The predicted molar refractivity (Wildman–Crippen MR) is 70.0 cm³/mol. The molecule has 0 aliphatic carbocycles. The number of nitrogens with zero attached hydrogens (tertiary/aromatic N) is 3. The Balaban J connectivity index is 2.26.